The zero-order chi connectivity index (χ0) is 37.5. The van der Waals surface area contributed by atoms with Gasteiger partial charge in [-0.15, -0.1) is 11.3 Å². The van der Waals surface area contributed by atoms with Crippen LogP contribution in [0.1, 0.15) is 0 Å². The van der Waals surface area contributed by atoms with E-state index in [2.05, 4.69) is 126 Å². The Balaban J connectivity index is 0.990. The highest BCUT2D eigenvalue weighted by atomic mass is 32.1. The summed E-state index contributed by atoms with van der Waals surface area (Å²) in [6.07, 6.45) is 0. The average molecular weight is 747 g/mol. The number of furan rings is 1. The Morgan fingerprint density at radius 1 is 0.386 bits per heavy atom. The molecule has 0 fully saturated rings. The van der Waals surface area contributed by atoms with Crippen molar-refractivity contribution in [1.82, 2.24) is 19.5 Å². The molecule has 0 unspecified atom stereocenters. The maximum absolute atomic E-state index is 6.13. The van der Waals surface area contributed by atoms with E-state index in [1.807, 2.05) is 72.0 Å². The molecule has 0 radical (unpaired) electrons. The second kappa shape index (κ2) is 12.6. The Morgan fingerprint density at radius 3 is 1.75 bits per heavy atom. The molecule has 6 heteroatoms. The maximum atomic E-state index is 6.13. The van der Waals surface area contributed by atoms with Crippen molar-refractivity contribution in [3.8, 4) is 51.0 Å². The Bertz CT molecular complexity index is 3530. The molecule has 0 saturated carbocycles. The number of benzene rings is 8. The third-order valence-electron chi connectivity index (χ3n) is 11.1. The fraction of sp³-hybridized carbons (Fsp3) is 0. The number of hydrogen-bond acceptors (Lipinski definition) is 5. The van der Waals surface area contributed by atoms with E-state index in [0.29, 0.717) is 17.5 Å². The highest BCUT2D eigenvalue weighted by Gasteiger charge is 2.18. The van der Waals surface area contributed by atoms with Crippen molar-refractivity contribution < 1.29 is 4.42 Å². The van der Waals surface area contributed by atoms with Crippen molar-refractivity contribution in [3.63, 3.8) is 0 Å². The number of aromatic nitrogens is 4. The van der Waals surface area contributed by atoms with Crippen LogP contribution in [-0.4, -0.2) is 19.5 Å². The van der Waals surface area contributed by atoms with Crippen molar-refractivity contribution >= 4 is 75.3 Å². The summed E-state index contributed by atoms with van der Waals surface area (Å²) in [4.78, 5) is 15.2. The van der Waals surface area contributed by atoms with Crippen LogP contribution in [0.2, 0.25) is 0 Å². The van der Waals surface area contributed by atoms with Gasteiger partial charge in [0.25, 0.3) is 0 Å². The van der Waals surface area contributed by atoms with Gasteiger partial charge in [-0.3, -0.25) is 0 Å². The first kappa shape index (κ1) is 31.9. The van der Waals surface area contributed by atoms with Crippen LogP contribution in [0.5, 0.6) is 0 Å². The van der Waals surface area contributed by atoms with Crippen molar-refractivity contribution in [2.45, 2.75) is 0 Å². The molecule has 4 heterocycles. The lowest BCUT2D eigenvalue weighted by Crippen LogP contribution is -2.00. The Labute approximate surface area is 330 Å². The fourth-order valence-electron chi connectivity index (χ4n) is 8.41. The Morgan fingerprint density at radius 2 is 0.965 bits per heavy atom. The zero-order valence-corrected chi connectivity index (χ0v) is 31.2. The number of thiophene rings is 1. The van der Waals surface area contributed by atoms with Crippen molar-refractivity contribution in [2.24, 2.45) is 0 Å². The van der Waals surface area contributed by atoms with Gasteiger partial charge >= 0.3 is 0 Å². The molecule has 266 valence electrons. The summed E-state index contributed by atoms with van der Waals surface area (Å²) in [6, 6.07) is 63.9. The van der Waals surface area contributed by atoms with Crippen molar-refractivity contribution in [3.05, 3.63) is 182 Å². The van der Waals surface area contributed by atoms with E-state index in [0.717, 1.165) is 44.3 Å². The van der Waals surface area contributed by atoms with Gasteiger partial charge in [-0.1, -0.05) is 121 Å². The lowest BCUT2D eigenvalue weighted by molar-refractivity contribution is 0.669. The molecule has 0 saturated heterocycles. The molecule has 12 aromatic rings. The van der Waals surface area contributed by atoms with Crippen molar-refractivity contribution in [2.75, 3.05) is 0 Å². The summed E-state index contributed by atoms with van der Waals surface area (Å²) in [7, 11) is 0. The minimum Gasteiger partial charge on any atom is -0.456 e. The van der Waals surface area contributed by atoms with E-state index in [-0.39, 0.29) is 0 Å². The van der Waals surface area contributed by atoms with E-state index in [9.17, 15) is 0 Å². The molecular weight excluding hydrogens is 717 g/mol. The fourth-order valence-corrected chi connectivity index (χ4v) is 9.60. The largest absolute Gasteiger partial charge is 0.456 e. The topological polar surface area (TPSA) is 56.7 Å². The van der Waals surface area contributed by atoms with Crippen LogP contribution in [0.25, 0.3) is 115 Å². The lowest BCUT2D eigenvalue weighted by Gasteiger charge is -2.09. The van der Waals surface area contributed by atoms with Gasteiger partial charge in [-0.25, -0.2) is 15.0 Å². The Kier molecular flexibility index (Phi) is 7.03. The quantitative estimate of drug-likeness (QED) is 0.176. The van der Waals surface area contributed by atoms with E-state index in [1.54, 1.807) is 0 Å². The van der Waals surface area contributed by atoms with E-state index in [4.69, 9.17) is 19.4 Å². The second-order valence-electron chi connectivity index (χ2n) is 14.4. The van der Waals surface area contributed by atoms with Gasteiger partial charge in [0.15, 0.2) is 17.5 Å². The molecule has 0 aliphatic carbocycles. The highest BCUT2D eigenvalue weighted by molar-refractivity contribution is 7.25. The van der Waals surface area contributed by atoms with Gasteiger partial charge in [-0.2, -0.15) is 0 Å². The number of nitrogens with zero attached hydrogens (tertiary/aromatic N) is 4. The van der Waals surface area contributed by atoms with Crippen molar-refractivity contribution in [1.29, 1.82) is 0 Å². The van der Waals surface area contributed by atoms with Gasteiger partial charge in [0.05, 0.1) is 11.0 Å². The normalized spacial score (nSPS) is 11.9. The van der Waals surface area contributed by atoms with Crippen LogP contribution >= 0.6 is 11.3 Å². The molecule has 5 nitrogen and oxygen atoms in total. The molecule has 0 N–H and O–H groups in total. The average Bonchev–Trinajstić information content (AvgIpc) is 3.95. The minimum absolute atomic E-state index is 0.620. The third kappa shape index (κ3) is 5.12. The third-order valence-corrected chi connectivity index (χ3v) is 12.2. The monoisotopic (exact) mass is 746 g/mol. The second-order valence-corrected chi connectivity index (χ2v) is 15.5. The molecule has 4 aromatic heterocycles. The molecule has 12 rings (SSSR count). The predicted molar refractivity (Wildman–Crippen MR) is 236 cm³/mol. The van der Waals surface area contributed by atoms with Gasteiger partial charge in [0.2, 0.25) is 0 Å². The Hall–Kier alpha value is -7.41. The predicted octanol–water partition coefficient (Wildman–Crippen LogP) is 13.9. The first-order valence-electron chi connectivity index (χ1n) is 19.0. The summed E-state index contributed by atoms with van der Waals surface area (Å²) in [5.41, 5.74) is 10.5. The summed E-state index contributed by atoms with van der Waals surface area (Å²) in [6.45, 7) is 0. The van der Waals surface area contributed by atoms with Gasteiger partial charge in [0.1, 0.15) is 11.2 Å². The zero-order valence-electron chi connectivity index (χ0n) is 30.4. The van der Waals surface area contributed by atoms with Crippen LogP contribution in [0, 0.1) is 0 Å². The number of hydrogen-bond donors (Lipinski definition) is 0. The summed E-state index contributed by atoms with van der Waals surface area (Å²) in [5, 5.41) is 7.08. The highest BCUT2D eigenvalue weighted by Crippen LogP contribution is 2.42. The van der Waals surface area contributed by atoms with Gasteiger partial charge in [0, 0.05) is 64.1 Å². The summed E-state index contributed by atoms with van der Waals surface area (Å²) >= 11 is 1.81. The molecule has 57 heavy (non-hydrogen) atoms. The van der Waals surface area contributed by atoms with Crippen LogP contribution in [0.15, 0.2) is 186 Å². The standard InChI is InChI=1S/C51H30N4OS/c1-3-12-31(13-4-1)49-52-50(33-24-27-45-41(28-33)37-16-8-10-21-44(37)56-45)54-51(53-49)34-23-26-39-38-25-22-32(29-46(38)57-47(39)30-34)36-18-11-20-43-48(36)40-17-7-9-19-42(40)55(43)35-14-5-2-6-15-35/h1-30H. The molecule has 0 aliphatic rings. The molecule has 0 aliphatic heterocycles. The lowest BCUT2D eigenvalue weighted by atomic mass is 9.98. The summed E-state index contributed by atoms with van der Waals surface area (Å²) in [5.74, 6) is 1.89. The molecule has 8 aromatic carbocycles. The van der Waals surface area contributed by atoms with Crippen LogP contribution in [0.4, 0.5) is 0 Å². The number of rotatable bonds is 5. The van der Waals surface area contributed by atoms with Gasteiger partial charge < -0.3 is 8.98 Å². The van der Waals surface area contributed by atoms with E-state index >= 15 is 0 Å². The minimum atomic E-state index is 0.620. The first-order chi connectivity index (χ1) is 28.2. The van der Waals surface area contributed by atoms with Crippen LogP contribution < -0.4 is 0 Å². The van der Waals surface area contributed by atoms with Crippen LogP contribution in [-0.2, 0) is 0 Å². The van der Waals surface area contributed by atoms with E-state index < -0.39 is 0 Å². The summed E-state index contributed by atoms with van der Waals surface area (Å²) < 4.78 is 10.9. The van der Waals surface area contributed by atoms with Gasteiger partial charge in [-0.05, 0) is 71.8 Å². The molecule has 0 spiro atoms. The smallest absolute Gasteiger partial charge is 0.164 e. The number of para-hydroxylation sites is 3. The molecule has 0 atom stereocenters. The number of fused-ring (bicyclic) bond motifs is 9. The van der Waals surface area contributed by atoms with E-state index in [1.165, 1.54) is 53.1 Å². The molecule has 0 bridgehead atoms. The molecule has 0 amide bonds. The molecular formula is C51H30N4OS. The maximum Gasteiger partial charge on any atom is 0.164 e. The first-order valence-corrected chi connectivity index (χ1v) is 19.8. The van der Waals surface area contributed by atoms with Crippen LogP contribution in [0.3, 0.4) is 0 Å². The SMILES string of the molecule is c1ccc(-c2nc(-c3ccc4c(c3)sc3cc(-c5cccc6c5c5ccccc5n6-c5ccccc5)ccc34)nc(-c3ccc4oc5ccccc5c4c3)n2)cc1.